The fourth-order valence-corrected chi connectivity index (χ4v) is 2.96. The lowest BCUT2D eigenvalue weighted by molar-refractivity contribution is -0.135. The highest BCUT2D eigenvalue weighted by Gasteiger charge is 2.29. The topological polar surface area (TPSA) is 59.6 Å². The maximum absolute atomic E-state index is 12.2. The molecule has 2 unspecified atom stereocenters. The minimum absolute atomic E-state index is 0.0298. The predicted molar refractivity (Wildman–Crippen MR) is 74.8 cm³/mol. The molecule has 5 nitrogen and oxygen atoms in total. The Hall–Kier alpha value is -1.59. The van der Waals surface area contributed by atoms with Crippen LogP contribution in [0.4, 0.5) is 0 Å². The van der Waals surface area contributed by atoms with Gasteiger partial charge in [0.1, 0.15) is 11.9 Å². The zero-order valence-corrected chi connectivity index (χ0v) is 11.6. The molecule has 108 valence electrons. The SMILES string of the molecule is COc1cccc2c1CCC2NC(=O)C1CNCCO1. The maximum atomic E-state index is 12.2. The van der Waals surface area contributed by atoms with Crippen molar-refractivity contribution in [1.29, 1.82) is 0 Å². The van der Waals surface area contributed by atoms with Crippen LogP contribution >= 0.6 is 0 Å². The average Bonchev–Trinajstić information content (AvgIpc) is 2.91. The fourth-order valence-electron chi connectivity index (χ4n) is 2.96. The van der Waals surface area contributed by atoms with Crippen LogP contribution in [-0.4, -0.2) is 38.8 Å². The van der Waals surface area contributed by atoms with E-state index in [1.165, 1.54) is 11.1 Å². The van der Waals surface area contributed by atoms with Crippen LogP contribution in [0.2, 0.25) is 0 Å². The van der Waals surface area contributed by atoms with Gasteiger partial charge in [-0.3, -0.25) is 4.79 Å². The molecule has 2 N–H and O–H groups in total. The molecule has 1 fully saturated rings. The highest BCUT2D eigenvalue weighted by molar-refractivity contribution is 5.81. The number of carbonyl (C=O) groups excluding carboxylic acids is 1. The first kappa shape index (κ1) is 13.4. The second-order valence-electron chi connectivity index (χ2n) is 5.19. The number of hydrogen-bond acceptors (Lipinski definition) is 4. The Morgan fingerprint density at radius 1 is 1.50 bits per heavy atom. The summed E-state index contributed by atoms with van der Waals surface area (Å²) in [5, 5.41) is 6.27. The second kappa shape index (κ2) is 5.81. The van der Waals surface area contributed by atoms with Gasteiger partial charge in [0.15, 0.2) is 0 Å². The van der Waals surface area contributed by atoms with E-state index >= 15 is 0 Å². The van der Waals surface area contributed by atoms with Gasteiger partial charge in [-0.1, -0.05) is 12.1 Å². The summed E-state index contributed by atoms with van der Waals surface area (Å²) in [5.74, 6) is 0.882. The normalized spacial score (nSPS) is 25.1. The number of hydrogen-bond donors (Lipinski definition) is 2. The molecular formula is C15H20N2O3. The fraction of sp³-hybridized carbons (Fsp3) is 0.533. The number of methoxy groups -OCH3 is 1. The van der Waals surface area contributed by atoms with E-state index in [1.807, 2.05) is 12.1 Å². The van der Waals surface area contributed by atoms with Crippen molar-refractivity contribution >= 4 is 5.91 Å². The highest BCUT2D eigenvalue weighted by atomic mass is 16.5. The smallest absolute Gasteiger partial charge is 0.250 e. The Kier molecular flexibility index (Phi) is 3.89. The number of morpholine rings is 1. The summed E-state index contributed by atoms with van der Waals surface area (Å²) in [7, 11) is 1.68. The van der Waals surface area contributed by atoms with Gasteiger partial charge in [0.05, 0.1) is 19.8 Å². The maximum Gasteiger partial charge on any atom is 0.250 e. The lowest BCUT2D eigenvalue weighted by Crippen LogP contribution is -2.48. The molecule has 5 heteroatoms. The summed E-state index contributed by atoms with van der Waals surface area (Å²) in [5.41, 5.74) is 2.38. The number of benzene rings is 1. The van der Waals surface area contributed by atoms with Gasteiger partial charge in [-0.25, -0.2) is 0 Å². The molecule has 2 atom stereocenters. The Morgan fingerprint density at radius 2 is 2.40 bits per heavy atom. The van der Waals surface area contributed by atoms with E-state index in [-0.39, 0.29) is 18.1 Å². The number of carbonyl (C=O) groups is 1. The van der Waals surface area contributed by atoms with E-state index < -0.39 is 0 Å². The lowest BCUT2D eigenvalue weighted by atomic mass is 10.1. The molecule has 1 amide bonds. The Bertz CT molecular complexity index is 498. The number of amides is 1. The van der Waals surface area contributed by atoms with Crippen LogP contribution < -0.4 is 15.4 Å². The van der Waals surface area contributed by atoms with Gasteiger partial charge in [-0.15, -0.1) is 0 Å². The van der Waals surface area contributed by atoms with Crippen molar-refractivity contribution in [3.8, 4) is 5.75 Å². The molecule has 1 saturated heterocycles. The number of nitrogens with one attached hydrogen (secondary N) is 2. The van der Waals surface area contributed by atoms with Crippen molar-refractivity contribution in [3.05, 3.63) is 29.3 Å². The first-order valence-electron chi connectivity index (χ1n) is 7.08. The third kappa shape index (κ3) is 2.51. The van der Waals surface area contributed by atoms with Crippen molar-refractivity contribution < 1.29 is 14.3 Å². The van der Waals surface area contributed by atoms with Crippen LogP contribution in [0.25, 0.3) is 0 Å². The second-order valence-corrected chi connectivity index (χ2v) is 5.19. The van der Waals surface area contributed by atoms with Crippen LogP contribution in [0, 0.1) is 0 Å². The molecule has 1 aromatic rings. The molecule has 0 aromatic heterocycles. The molecule has 0 radical (unpaired) electrons. The van der Waals surface area contributed by atoms with Gasteiger partial charge in [0, 0.05) is 13.1 Å². The molecule has 1 heterocycles. The van der Waals surface area contributed by atoms with E-state index in [0.717, 1.165) is 25.1 Å². The Labute approximate surface area is 118 Å². The molecular weight excluding hydrogens is 256 g/mol. The summed E-state index contributed by atoms with van der Waals surface area (Å²) in [6, 6.07) is 6.08. The van der Waals surface area contributed by atoms with Crippen LogP contribution in [-0.2, 0) is 16.0 Å². The van der Waals surface area contributed by atoms with Crippen molar-refractivity contribution in [3.63, 3.8) is 0 Å². The van der Waals surface area contributed by atoms with E-state index in [0.29, 0.717) is 13.2 Å². The molecule has 3 rings (SSSR count). The number of ether oxygens (including phenoxy) is 2. The first-order valence-corrected chi connectivity index (χ1v) is 7.08. The molecule has 1 aliphatic heterocycles. The van der Waals surface area contributed by atoms with E-state index in [2.05, 4.69) is 16.7 Å². The van der Waals surface area contributed by atoms with Crippen LogP contribution in [0.1, 0.15) is 23.6 Å². The predicted octanol–water partition coefficient (Wildman–Crippen LogP) is 0.787. The molecule has 0 saturated carbocycles. The van der Waals surface area contributed by atoms with Gasteiger partial charge in [0.2, 0.25) is 0 Å². The average molecular weight is 276 g/mol. The highest BCUT2D eigenvalue weighted by Crippen LogP contribution is 2.36. The summed E-state index contributed by atoms with van der Waals surface area (Å²) < 4.78 is 10.9. The van der Waals surface area contributed by atoms with Crippen molar-refractivity contribution in [1.82, 2.24) is 10.6 Å². The Morgan fingerprint density at radius 3 is 3.15 bits per heavy atom. The zero-order chi connectivity index (χ0) is 13.9. The van der Waals surface area contributed by atoms with E-state index in [4.69, 9.17) is 9.47 Å². The molecule has 0 spiro atoms. The van der Waals surface area contributed by atoms with Gasteiger partial charge in [0.25, 0.3) is 5.91 Å². The van der Waals surface area contributed by atoms with Crippen molar-refractivity contribution in [2.24, 2.45) is 0 Å². The third-order valence-electron chi connectivity index (χ3n) is 3.98. The van der Waals surface area contributed by atoms with Crippen LogP contribution in [0.5, 0.6) is 5.75 Å². The van der Waals surface area contributed by atoms with Crippen molar-refractivity contribution in [2.45, 2.75) is 25.0 Å². The van der Waals surface area contributed by atoms with E-state index in [9.17, 15) is 4.79 Å². The van der Waals surface area contributed by atoms with Gasteiger partial charge in [-0.05, 0) is 30.0 Å². The van der Waals surface area contributed by atoms with Crippen LogP contribution in [0.3, 0.4) is 0 Å². The summed E-state index contributed by atoms with van der Waals surface area (Å²) in [6.07, 6.45) is 1.48. The van der Waals surface area contributed by atoms with Gasteiger partial charge >= 0.3 is 0 Å². The number of fused-ring (bicyclic) bond motifs is 1. The Balaban J connectivity index is 1.70. The molecule has 1 aromatic carbocycles. The molecule has 20 heavy (non-hydrogen) atoms. The summed E-state index contributed by atoms with van der Waals surface area (Å²) in [4.78, 5) is 12.2. The van der Waals surface area contributed by atoms with E-state index in [1.54, 1.807) is 7.11 Å². The summed E-state index contributed by atoms with van der Waals surface area (Å²) in [6.45, 7) is 1.99. The molecule has 2 aliphatic rings. The monoisotopic (exact) mass is 276 g/mol. The molecule has 1 aliphatic carbocycles. The largest absolute Gasteiger partial charge is 0.496 e. The lowest BCUT2D eigenvalue weighted by Gasteiger charge is -2.24. The first-order chi connectivity index (χ1) is 9.79. The van der Waals surface area contributed by atoms with Gasteiger partial charge < -0.3 is 20.1 Å². The number of rotatable bonds is 3. The van der Waals surface area contributed by atoms with Gasteiger partial charge in [-0.2, -0.15) is 0 Å². The minimum Gasteiger partial charge on any atom is -0.496 e. The van der Waals surface area contributed by atoms with Crippen molar-refractivity contribution in [2.75, 3.05) is 26.8 Å². The quantitative estimate of drug-likeness (QED) is 0.857. The standard InChI is InChI=1S/C15H20N2O3/c1-19-13-4-2-3-10-11(13)5-6-12(10)17-15(18)14-9-16-7-8-20-14/h2-4,12,14,16H,5-9H2,1H3,(H,17,18). The molecule has 0 bridgehead atoms. The summed E-state index contributed by atoms with van der Waals surface area (Å²) >= 11 is 0. The minimum atomic E-state index is -0.376. The van der Waals surface area contributed by atoms with Crippen LogP contribution in [0.15, 0.2) is 18.2 Å². The zero-order valence-electron chi connectivity index (χ0n) is 11.6. The third-order valence-corrected chi connectivity index (χ3v) is 3.98.